The van der Waals surface area contributed by atoms with E-state index < -0.39 is 0 Å². The summed E-state index contributed by atoms with van der Waals surface area (Å²) >= 11 is 0. The van der Waals surface area contributed by atoms with Gasteiger partial charge in [-0.3, -0.25) is 0 Å². The van der Waals surface area contributed by atoms with Crippen LogP contribution in [-0.2, 0) is 4.74 Å². The summed E-state index contributed by atoms with van der Waals surface area (Å²) < 4.78 is 5.00. The monoisotopic (exact) mass is 234 g/mol. The zero-order valence-corrected chi connectivity index (χ0v) is 9.94. The van der Waals surface area contributed by atoms with Crippen LogP contribution >= 0.6 is 12.4 Å². The van der Waals surface area contributed by atoms with Crippen LogP contribution in [0.2, 0.25) is 0 Å². The van der Waals surface area contributed by atoms with Crippen LogP contribution in [-0.4, -0.2) is 43.8 Å². The van der Waals surface area contributed by atoms with E-state index in [1.165, 1.54) is 6.42 Å². The molecule has 0 aromatic heterocycles. The molecule has 15 heavy (non-hydrogen) atoms. The molecule has 0 radical (unpaired) electrons. The zero-order chi connectivity index (χ0) is 10.0. The first-order valence-electron chi connectivity index (χ1n) is 5.38. The molecule has 1 unspecified atom stereocenters. The molecule has 0 bridgehead atoms. The molecule has 1 N–H and O–H groups in total. The van der Waals surface area contributed by atoms with E-state index in [0.717, 1.165) is 32.6 Å². The molecule has 1 spiro atoms. The highest BCUT2D eigenvalue weighted by Crippen LogP contribution is 2.36. The first-order valence-corrected chi connectivity index (χ1v) is 5.38. The summed E-state index contributed by atoms with van der Waals surface area (Å²) in [5.41, 5.74) is 0.354. The normalized spacial score (nSPS) is 29.3. The second-order valence-corrected chi connectivity index (χ2v) is 4.30. The third kappa shape index (κ3) is 2.55. The average molecular weight is 235 g/mol. The van der Waals surface area contributed by atoms with Gasteiger partial charge in [-0.25, -0.2) is 4.79 Å². The molecule has 2 aliphatic heterocycles. The third-order valence-electron chi connectivity index (χ3n) is 3.30. The van der Waals surface area contributed by atoms with Gasteiger partial charge in [-0.15, -0.1) is 12.4 Å². The molecule has 1 atom stereocenters. The Balaban J connectivity index is 0.00000112. The maximum atomic E-state index is 11.5. The molecular formula is C10H19ClN2O2. The van der Waals surface area contributed by atoms with E-state index in [1.54, 1.807) is 0 Å². The van der Waals surface area contributed by atoms with Crippen LogP contribution in [0, 0.1) is 5.41 Å². The van der Waals surface area contributed by atoms with E-state index in [2.05, 4.69) is 5.32 Å². The predicted molar refractivity (Wildman–Crippen MR) is 60.4 cm³/mol. The number of rotatable bonds is 1. The quantitative estimate of drug-likeness (QED) is 0.743. The van der Waals surface area contributed by atoms with Crippen molar-refractivity contribution in [2.75, 3.05) is 32.8 Å². The Morgan fingerprint density at radius 3 is 2.93 bits per heavy atom. The first kappa shape index (κ1) is 12.6. The fourth-order valence-corrected chi connectivity index (χ4v) is 2.45. The van der Waals surface area contributed by atoms with Gasteiger partial charge in [-0.2, -0.15) is 0 Å². The van der Waals surface area contributed by atoms with Gasteiger partial charge in [-0.05, 0) is 26.3 Å². The molecule has 0 aromatic carbocycles. The molecular weight excluding hydrogens is 216 g/mol. The van der Waals surface area contributed by atoms with E-state index in [1.807, 2.05) is 11.8 Å². The van der Waals surface area contributed by atoms with Gasteiger partial charge in [-0.1, -0.05) is 0 Å². The van der Waals surface area contributed by atoms with Gasteiger partial charge < -0.3 is 15.0 Å². The minimum Gasteiger partial charge on any atom is -0.450 e. The Morgan fingerprint density at radius 2 is 2.33 bits per heavy atom. The number of hydrogen-bond donors (Lipinski definition) is 1. The van der Waals surface area contributed by atoms with Gasteiger partial charge >= 0.3 is 6.09 Å². The van der Waals surface area contributed by atoms with Gasteiger partial charge in [0.1, 0.15) is 0 Å². The van der Waals surface area contributed by atoms with Gasteiger partial charge in [0.2, 0.25) is 0 Å². The number of carbonyl (C=O) groups is 1. The summed E-state index contributed by atoms with van der Waals surface area (Å²) in [6, 6.07) is 0. The van der Waals surface area contributed by atoms with Crippen molar-refractivity contribution >= 4 is 18.5 Å². The number of halogens is 1. The van der Waals surface area contributed by atoms with Crippen LogP contribution in [0.4, 0.5) is 4.79 Å². The number of ether oxygens (including phenoxy) is 1. The summed E-state index contributed by atoms with van der Waals surface area (Å²) in [5.74, 6) is 0. The summed E-state index contributed by atoms with van der Waals surface area (Å²) in [6.07, 6.45) is 2.18. The molecule has 1 amide bonds. The second-order valence-electron chi connectivity index (χ2n) is 4.30. The van der Waals surface area contributed by atoms with Crippen LogP contribution in [0.3, 0.4) is 0 Å². The highest BCUT2D eigenvalue weighted by Gasteiger charge is 2.42. The molecule has 4 nitrogen and oxygen atoms in total. The van der Waals surface area contributed by atoms with Crippen LogP contribution in [0.1, 0.15) is 19.8 Å². The molecule has 5 heteroatoms. The SMILES string of the molecule is CCOC(=O)N1CCC2(CCNC2)C1.Cl. The lowest BCUT2D eigenvalue weighted by Crippen LogP contribution is -2.33. The molecule has 2 aliphatic rings. The van der Waals surface area contributed by atoms with E-state index in [4.69, 9.17) is 4.74 Å². The number of nitrogens with one attached hydrogen (secondary N) is 1. The van der Waals surface area contributed by atoms with Crippen molar-refractivity contribution in [3.8, 4) is 0 Å². The standard InChI is InChI=1S/C10H18N2O2.ClH/c1-2-14-9(13)12-6-4-10(8-12)3-5-11-7-10;/h11H,2-8H2,1H3;1H. The van der Waals surface area contributed by atoms with Crippen molar-refractivity contribution in [3.05, 3.63) is 0 Å². The van der Waals surface area contributed by atoms with E-state index >= 15 is 0 Å². The molecule has 0 aromatic rings. The van der Waals surface area contributed by atoms with Gasteiger partial charge in [0.05, 0.1) is 6.61 Å². The second kappa shape index (κ2) is 5.03. The molecule has 2 rings (SSSR count). The van der Waals surface area contributed by atoms with Crippen LogP contribution in [0.15, 0.2) is 0 Å². The van der Waals surface area contributed by atoms with Crippen molar-refractivity contribution in [2.45, 2.75) is 19.8 Å². The third-order valence-corrected chi connectivity index (χ3v) is 3.30. The van der Waals surface area contributed by atoms with Crippen molar-refractivity contribution < 1.29 is 9.53 Å². The van der Waals surface area contributed by atoms with Crippen molar-refractivity contribution in [3.63, 3.8) is 0 Å². The fraction of sp³-hybridized carbons (Fsp3) is 0.900. The number of carbonyl (C=O) groups excluding carboxylic acids is 1. The van der Waals surface area contributed by atoms with Crippen molar-refractivity contribution in [2.24, 2.45) is 5.41 Å². The fourth-order valence-electron chi connectivity index (χ4n) is 2.45. The first-order chi connectivity index (χ1) is 6.76. The lowest BCUT2D eigenvalue weighted by molar-refractivity contribution is 0.111. The maximum absolute atomic E-state index is 11.5. The smallest absolute Gasteiger partial charge is 0.409 e. The largest absolute Gasteiger partial charge is 0.450 e. The Labute approximate surface area is 96.7 Å². The molecule has 2 heterocycles. The molecule has 2 saturated heterocycles. The Morgan fingerprint density at radius 1 is 1.53 bits per heavy atom. The highest BCUT2D eigenvalue weighted by atomic mass is 35.5. The Hall–Kier alpha value is -0.480. The average Bonchev–Trinajstić information content (AvgIpc) is 2.78. The van der Waals surface area contributed by atoms with Crippen LogP contribution in [0.5, 0.6) is 0 Å². The summed E-state index contributed by atoms with van der Waals surface area (Å²) in [7, 11) is 0. The number of amides is 1. The summed E-state index contributed by atoms with van der Waals surface area (Å²) in [5, 5.41) is 3.37. The van der Waals surface area contributed by atoms with Gasteiger partial charge in [0, 0.05) is 25.0 Å². The van der Waals surface area contributed by atoms with E-state index in [9.17, 15) is 4.79 Å². The molecule has 0 saturated carbocycles. The number of likely N-dealkylation sites (tertiary alicyclic amines) is 1. The molecule has 88 valence electrons. The minimum atomic E-state index is -0.142. The lowest BCUT2D eigenvalue weighted by atomic mass is 9.87. The van der Waals surface area contributed by atoms with Crippen molar-refractivity contribution in [1.82, 2.24) is 10.2 Å². The highest BCUT2D eigenvalue weighted by molar-refractivity contribution is 5.85. The minimum absolute atomic E-state index is 0. The van der Waals surface area contributed by atoms with Crippen LogP contribution < -0.4 is 5.32 Å². The topological polar surface area (TPSA) is 41.6 Å². The zero-order valence-electron chi connectivity index (χ0n) is 9.12. The van der Waals surface area contributed by atoms with Gasteiger partial charge in [0.15, 0.2) is 0 Å². The number of nitrogens with zero attached hydrogens (tertiary/aromatic N) is 1. The van der Waals surface area contributed by atoms with E-state index in [0.29, 0.717) is 12.0 Å². The van der Waals surface area contributed by atoms with E-state index in [-0.39, 0.29) is 18.5 Å². The molecule has 0 aliphatic carbocycles. The Bertz CT molecular complexity index is 229. The summed E-state index contributed by atoms with van der Waals surface area (Å²) in [4.78, 5) is 13.3. The predicted octanol–water partition coefficient (Wildman–Crippen LogP) is 1.25. The number of hydrogen-bond acceptors (Lipinski definition) is 3. The van der Waals surface area contributed by atoms with Crippen LogP contribution in [0.25, 0.3) is 0 Å². The maximum Gasteiger partial charge on any atom is 0.409 e. The Kier molecular flexibility index (Phi) is 4.22. The lowest BCUT2D eigenvalue weighted by Gasteiger charge is -2.22. The van der Waals surface area contributed by atoms with Gasteiger partial charge in [0.25, 0.3) is 0 Å². The summed E-state index contributed by atoms with van der Waals surface area (Å²) in [6.45, 7) is 6.21. The van der Waals surface area contributed by atoms with Crippen molar-refractivity contribution in [1.29, 1.82) is 0 Å². The molecule has 2 fully saturated rings.